The molecule has 1 aliphatic rings. The molecule has 1 saturated heterocycles. The van der Waals surface area contributed by atoms with Gasteiger partial charge in [0.2, 0.25) is 0 Å². The van der Waals surface area contributed by atoms with Gasteiger partial charge in [-0.2, -0.15) is 0 Å². The van der Waals surface area contributed by atoms with E-state index in [1.165, 1.54) is 11.3 Å². The lowest BCUT2D eigenvalue weighted by Crippen LogP contribution is -2.36. The second-order valence-electron chi connectivity index (χ2n) is 4.76. The fourth-order valence-electron chi connectivity index (χ4n) is 2.29. The molecule has 0 aromatic carbocycles. The van der Waals surface area contributed by atoms with Crippen LogP contribution in [0.25, 0.3) is 0 Å². The van der Waals surface area contributed by atoms with Crippen LogP contribution in [0.15, 0.2) is 0 Å². The van der Waals surface area contributed by atoms with Gasteiger partial charge in [0.05, 0.1) is 6.61 Å². The maximum Gasteiger partial charge on any atom is 0.358 e. The third-order valence-corrected chi connectivity index (χ3v) is 4.33. The van der Waals surface area contributed by atoms with Gasteiger partial charge in [0.15, 0.2) is 10.8 Å². The van der Waals surface area contributed by atoms with Crippen LogP contribution in [0.2, 0.25) is 0 Å². The number of carbonyl (C=O) groups is 1. The largest absolute Gasteiger partial charge is 0.461 e. The lowest BCUT2D eigenvalue weighted by molar-refractivity contribution is 0.0519. The van der Waals surface area contributed by atoms with Gasteiger partial charge in [-0.3, -0.25) is 0 Å². The Morgan fingerprint density at radius 2 is 2.42 bits per heavy atom. The van der Waals surface area contributed by atoms with E-state index >= 15 is 0 Å². The summed E-state index contributed by atoms with van der Waals surface area (Å²) in [6.07, 6.45) is 2.11. The molecule has 6 heteroatoms. The van der Waals surface area contributed by atoms with Crippen LogP contribution in [0.3, 0.4) is 0 Å². The van der Waals surface area contributed by atoms with Gasteiger partial charge in [-0.15, -0.1) is 11.3 Å². The minimum atomic E-state index is -0.349. The Kier molecular flexibility index (Phi) is 4.76. The Labute approximate surface area is 117 Å². The molecule has 1 aromatic heterocycles. The van der Waals surface area contributed by atoms with Crippen LogP contribution in [0.4, 0.5) is 5.13 Å². The number of aliphatic hydroxyl groups excluding tert-OH is 1. The average molecular weight is 284 g/mol. The van der Waals surface area contributed by atoms with Gasteiger partial charge in [-0.25, -0.2) is 9.78 Å². The number of rotatable bonds is 4. The number of carbonyl (C=O) groups excluding carboxylic acids is 1. The van der Waals surface area contributed by atoms with Crippen LogP contribution in [0, 0.1) is 12.8 Å². The Morgan fingerprint density at radius 3 is 3.11 bits per heavy atom. The Hall–Kier alpha value is -1.14. The first-order valence-electron chi connectivity index (χ1n) is 6.66. The maximum absolute atomic E-state index is 11.7. The SMILES string of the molecule is CCOC(=O)c1nc(N2CCCC(CO)C2)sc1C. The van der Waals surface area contributed by atoms with E-state index in [0.717, 1.165) is 35.9 Å². The van der Waals surface area contributed by atoms with Gasteiger partial charge < -0.3 is 14.7 Å². The number of nitrogens with zero attached hydrogens (tertiary/aromatic N) is 2. The summed E-state index contributed by atoms with van der Waals surface area (Å²) in [6.45, 7) is 6.00. The molecule has 0 saturated carbocycles. The zero-order chi connectivity index (χ0) is 13.8. The number of aryl methyl sites for hydroxylation is 1. The van der Waals surface area contributed by atoms with Crippen LogP contribution in [0.5, 0.6) is 0 Å². The fraction of sp³-hybridized carbons (Fsp3) is 0.692. The molecule has 1 unspecified atom stereocenters. The lowest BCUT2D eigenvalue weighted by atomic mass is 10.00. The first kappa shape index (κ1) is 14.3. The highest BCUT2D eigenvalue weighted by atomic mass is 32.1. The number of thiazole rings is 1. The second kappa shape index (κ2) is 6.34. The normalized spacial score (nSPS) is 19.5. The van der Waals surface area contributed by atoms with Gasteiger partial charge in [0.1, 0.15) is 0 Å². The van der Waals surface area contributed by atoms with Crippen LogP contribution >= 0.6 is 11.3 Å². The molecule has 1 N–H and O–H groups in total. The molecule has 1 fully saturated rings. The third kappa shape index (κ3) is 3.25. The van der Waals surface area contributed by atoms with E-state index < -0.39 is 0 Å². The molecule has 2 rings (SSSR count). The zero-order valence-electron chi connectivity index (χ0n) is 11.4. The van der Waals surface area contributed by atoms with E-state index in [2.05, 4.69) is 9.88 Å². The van der Waals surface area contributed by atoms with E-state index in [9.17, 15) is 9.90 Å². The van der Waals surface area contributed by atoms with Crippen molar-refractivity contribution in [2.24, 2.45) is 5.92 Å². The Bertz CT molecular complexity index is 447. The molecular weight excluding hydrogens is 264 g/mol. The van der Waals surface area contributed by atoms with Crippen molar-refractivity contribution in [2.75, 3.05) is 31.2 Å². The maximum atomic E-state index is 11.7. The molecule has 19 heavy (non-hydrogen) atoms. The van der Waals surface area contributed by atoms with Gasteiger partial charge >= 0.3 is 5.97 Å². The first-order chi connectivity index (χ1) is 9.15. The average Bonchev–Trinajstić information content (AvgIpc) is 2.81. The minimum Gasteiger partial charge on any atom is -0.461 e. The number of aromatic nitrogens is 1. The van der Waals surface area contributed by atoms with Gasteiger partial charge in [-0.05, 0) is 32.6 Å². The zero-order valence-corrected chi connectivity index (χ0v) is 12.2. The predicted molar refractivity (Wildman–Crippen MR) is 74.8 cm³/mol. The summed E-state index contributed by atoms with van der Waals surface area (Å²) in [5, 5.41) is 10.1. The summed E-state index contributed by atoms with van der Waals surface area (Å²) in [7, 11) is 0. The Morgan fingerprint density at radius 1 is 1.63 bits per heavy atom. The van der Waals surface area contributed by atoms with E-state index in [1.54, 1.807) is 6.92 Å². The predicted octanol–water partition coefficient (Wildman–Crippen LogP) is 1.84. The number of hydrogen-bond acceptors (Lipinski definition) is 6. The van der Waals surface area contributed by atoms with E-state index in [-0.39, 0.29) is 12.6 Å². The van der Waals surface area contributed by atoms with E-state index in [4.69, 9.17) is 4.74 Å². The highest BCUT2D eigenvalue weighted by Gasteiger charge is 2.24. The van der Waals surface area contributed by atoms with Crippen molar-refractivity contribution in [1.29, 1.82) is 0 Å². The molecule has 1 aliphatic heterocycles. The van der Waals surface area contributed by atoms with Crippen LogP contribution in [-0.4, -0.2) is 42.4 Å². The molecule has 5 nitrogen and oxygen atoms in total. The molecule has 1 aromatic rings. The standard InChI is InChI=1S/C13H20N2O3S/c1-3-18-12(17)11-9(2)19-13(14-11)15-6-4-5-10(7-15)8-16/h10,16H,3-8H2,1-2H3. The fourth-order valence-corrected chi connectivity index (χ4v) is 3.23. The monoisotopic (exact) mass is 284 g/mol. The van der Waals surface area contributed by atoms with Crippen molar-refractivity contribution in [3.05, 3.63) is 10.6 Å². The van der Waals surface area contributed by atoms with Gasteiger partial charge in [-0.1, -0.05) is 0 Å². The summed E-state index contributed by atoms with van der Waals surface area (Å²) in [4.78, 5) is 19.2. The van der Waals surface area contributed by atoms with Crippen LogP contribution in [0.1, 0.15) is 35.1 Å². The summed E-state index contributed by atoms with van der Waals surface area (Å²) < 4.78 is 5.00. The highest BCUT2D eigenvalue weighted by molar-refractivity contribution is 7.15. The highest BCUT2D eigenvalue weighted by Crippen LogP contribution is 2.29. The molecule has 106 valence electrons. The van der Waals surface area contributed by atoms with Gasteiger partial charge in [0, 0.05) is 24.6 Å². The number of aliphatic hydroxyl groups is 1. The van der Waals surface area contributed by atoms with E-state index in [1.807, 2.05) is 6.92 Å². The third-order valence-electron chi connectivity index (χ3n) is 3.30. The lowest BCUT2D eigenvalue weighted by Gasteiger charge is -2.31. The van der Waals surface area contributed by atoms with Crippen molar-refractivity contribution in [1.82, 2.24) is 4.98 Å². The smallest absolute Gasteiger partial charge is 0.358 e. The van der Waals surface area contributed by atoms with E-state index in [0.29, 0.717) is 18.2 Å². The van der Waals surface area contributed by atoms with Crippen LogP contribution in [-0.2, 0) is 4.74 Å². The number of hydrogen-bond donors (Lipinski definition) is 1. The summed E-state index contributed by atoms with van der Waals surface area (Å²) in [6, 6.07) is 0. The van der Waals surface area contributed by atoms with Crippen LogP contribution < -0.4 is 4.90 Å². The molecule has 1 atom stereocenters. The molecule has 0 aliphatic carbocycles. The molecule has 0 spiro atoms. The summed E-state index contributed by atoms with van der Waals surface area (Å²) in [5.41, 5.74) is 0.424. The van der Waals surface area contributed by atoms with Gasteiger partial charge in [0.25, 0.3) is 0 Å². The number of esters is 1. The molecule has 0 radical (unpaired) electrons. The number of ether oxygens (including phenoxy) is 1. The summed E-state index contributed by atoms with van der Waals surface area (Å²) >= 11 is 1.52. The van der Waals surface area contributed by atoms with Crippen molar-refractivity contribution in [2.45, 2.75) is 26.7 Å². The molecule has 0 bridgehead atoms. The topological polar surface area (TPSA) is 62.7 Å². The van der Waals surface area contributed by atoms with Crippen molar-refractivity contribution >= 4 is 22.4 Å². The molecule has 0 amide bonds. The summed E-state index contributed by atoms with van der Waals surface area (Å²) in [5.74, 6) is -0.0396. The number of anilines is 1. The van der Waals surface area contributed by atoms with Crippen molar-refractivity contribution < 1.29 is 14.6 Å². The van der Waals surface area contributed by atoms with Crippen molar-refractivity contribution in [3.8, 4) is 0 Å². The quantitative estimate of drug-likeness (QED) is 0.855. The second-order valence-corrected chi connectivity index (χ2v) is 5.94. The molecular formula is C13H20N2O3S. The minimum absolute atomic E-state index is 0.214. The number of piperidine rings is 1. The first-order valence-corrected chi connectivity index (χ1v) is 7.47. The van der Waals surface area contributed by atoms with Crippen molar-refractivity contribution in [3.63, 3.8) is 0 Å². The Balaban J connectivity index is 2.13. The molecule has 2 heterocycles.